The van der Waals surface area contributed by atoms with Crippen LogP contribution in [0.3, 0.4) is 0 Å². The number of fused-ring (bicyclic) bond motifs is 1. The van der Waals surface area contributed by atoms with E-state index in [4.69, 9.17) is 23.2 Å². The van der Waals surface area contributed by atoms with Crippen LogP contribution in [0.4, 0.5) is 0 Å². The van der Waals surface area contributed by atoms with Gasteiger partial charge in [0.25, 0.3) is 0 Å². The van der Waals surface area contributed by atoms with Crippen LogP contribution in [0.1, 0.15) is 10.5 Å². The molecule has 0 saturated carbocycles. The fourth-order valence-electron chi connectivity index (χ4n) is 1.41. The normalized spacial score (nSPS) is 10.8. The zero-order valence-corrected chi connectivity index (χ0v) is 10.4. The number of methoxy groups -OCH3 is 1. The number of carbonyl (C=O) groups is 1. The van der Waals surface area contributed by atoms with Crippen LogP contribution in [0.25, 0.3) is 11.2 Å². The van der Waals surface area contributed by atoms with Crippen LogP contribution in [0.15, 0.2) is 6.33 Å². The van der Waals surface area contributed by atoms with Crippen LogP contribution in [-0.2, 0) is 11.3 Å². The Morgan fingerprint density at radius 2 is 2.29 bits per heavy atom. The second-order valence-corrected chi connectivity index (χ2v) is 3.85. The zero-order chi connectivity index (χ0) is 12.4. The van der Waals surface area contributed by atoms with Crippen molar-refractivity contribution in [2.24, 2.45) is 0 Å². The number of aryl methyl sites for hydroxylation is 1. The monoisotopic (exact) mass is 274 g/mol. The maximum Gasteiger partial charge on any atom is 0.359 e. The van der Waals surface area contributed by atoms with Crippen molar-refractivity contribution in [1.82, 2.24) is 19.5 Å². The van der Waals surface area contributed by atoms with Crippen LogP contribution in [-0.4, -0.2) is 38.5 Å². The van der Waals surface area contributed by atoms with Gasteiger partial charge in [-0.1, -0.05) is 0 Å². The lowest BCUT2D eigenvalue weighted by molar-refractivity contribution is 0.0596. The molecule has 6 nitrogen and oxygen atoms in total. The summed E-state index contributed by atoms with van der Waals surface area (Å²) in [5.41, 5.74) is 0.869. The molecule has 0 aliphatic carbocycles. The number of alkyl halides is 1. The molecule has 90 valence electrons. The fraction of sp³-hybridized carbons (Fsp3) is 0.333. The molecule has 17 heavy (non-hydrogen) atoms. The van der Waals surface area contributed by atoms with Gasteiger partial charge in [0.05, 0.1) is 13.4 Å². The molecule has 0 aliphatic rings. The van der Waals surface area contributed by atoms with E-state index in [-0.39, 0.29) is 11.0 Å². The van der Waals surface area contributed by atoms with Crippen LogP contribution in [0.2, 0.25) is 5.28 Å². The summed E-state index contributed by atoms with van der Waals surface area (Å²) in [6.45, 7) is 0.520. The summed E-state index contributed by atoms with van der Waals surface area (Å²) >= 11 is 11.4. The lowest BCUT2D eigenvalue weighted by Gasteiger charge is -2.02. The number of rotatable bonds is 3. The van der Waals surface area contributed by atoms with Crippen LogP contribution in [0, 0.1) is 0 Å². The van der Waals surface area contributed by atoms with Gasteiger partial charge in [-0.05, 0) is 11.6 Å². The Balaban J connectivity index is 2.65. The molecule has 0 unspecified atom stereocenters. The Morgan fingerprint density at radius 1 is 1.53 bits per heavy atom. The largest absolute Gasteiger partial charge is 0.464 e. The quantitative estimate of drug-likeness (QED) is 0.482. The predicted octanol–water partition coefficient (Wildman–Crippen LogP) is 1.51. The molecule has 0 radical (unpaired) electrons. The van der Waals surface area contributed by atoms with Crippen LogP contribution < -0.4 is 0 Å². The van der Waals surface area contributed by atoms with Crippen molar-refractivity contribution >= 4 is 40.3 Å². The smallest absolute Gasteiger partial charge is 0.359 e. The van der Waals surface area contributed by atoms with E-state index in [1.165, 1.54) is 13.4 Å². The van der Waals surface area contributed by atoms with Crippen molar-refractivity contribution in [3.05, 3.63) is 17.3 Å². The van der Waals surface area contributed by atoms with E-state index in [9.17, 15) is 4.79 Å². The SMILES string of the molecule is COC(=O)c1nc(Cl)nc2c1ncn2CCCl. The standard InChI is InChI=1S/C9H8Cl2N4O2/c1-17-8(16)6-5-7(14-9(11)13-6)15(3-2-10)4-12-5/h4H,2-3H2,1H3. The molecular formula is C9H8Cl2N4O2. The van der Waals surface area contributed by atoms with E-state index in [1.807, 2.05) is 0 Å². The lowest BCUT2D eigenvalue weighted by atomic mass is 10.3. The Bertz CT molecular complexity index is 569. The minimum Gasteiger partial charge on any atom is -0.464 e. The predicted molar refractivity (Wildman–Crippen MR) is 62.4 cm³/mol. The van der Waals surface area contributed by atoms with E-state index < -0.39 is 5.97 Å². The molecule has 0 bridgehead atoms. The summed E-state index contributed by atoms with van der Waals surface area (Å²) in [6, 6.07) is 0. The highest BCUT2D eigenvalue weighted by Crippen LogP contribution is 2.17. The zero-order valence-electron chi connectivity index (χ0n) is 8.85. The summed E-state index contributed by atoms with van der Waals surface area (Å²) in [7, 11) is 1.26. The molecule has 8 heteroatoms. The van der Waals surface area contributed by atoms with Gasteiger partial charge in [0.15, 0.2) is 11.3 Å². The highest BCUT2D eigenvalue weighted by atomic mass is 35.5. The van der Waals surface area contributed by atoms with Crippen LogP contribution in [0.5, 0.6) is 0 Å². The topological polar surface area (TPSA) is 69.9 Å². The molecular weight excluding hydrogens is 267 g/mol. The fourth-order valence-corrected chi connectivity index (χ4v) is 1.76. The van der Waals surface area contributed by atoms with Crippen molar-refractivity contribution in [3.63, 3.8) is 0 Å². The Hall–Kier alpha value is -1.40. The number of hydrogen-bond acceptors (Lipinski definition) is 5. The minimum absolute atomic E-state index is 0.0331. The Labute approximate surface area is 107 Å². The molecule has 2 aromatic heterocycles. The third-order valence-corrected chi connectivity index (χ3v) is 2.48. The average molecular weight is 275 g/mol. The molecule has 2 rings (SSSR count). The molecule has 0 aromatic carbocycles. The molecule has 2 heterocycles. The number of hydrogen-bond donors (Lipinski definition) is 0. The number of aromatic nitrogens is 4. The maximum atomic E-state index is 11.5. The summed E-state index contributed by atoms with van der Waals surface area (Å²) in [4.78, 5) is 23.4. The molecule has 0 saturated heterocycles. The first kappa shape index (κ1) is 12.1. The summed E-state index contributed by atoms with van der Waals surface area (Å²) in [6.07, 6.45) is 1.53. The van der Waals surface area contributed by atoms with Gasteiger partial charge in [0.1, 0.15) is 5.52 Å². The number of nitrogens with zero attached hydrogens (tertiary/aromatic N) is 4. The first-order valence-corrected chi connectivity index (χ1v) is 5.61. The Morgan fingerprint density at radius 3 is 2.94 bits per heavy atom. The highest BCUT2D eigenvalue weighted by molar-refractivity contribution is 6.28. The second-order valence-electron chi connectivity index (χ2n) is 3.13. The first-order valence-electron chi connectivity index (χ1n) is 4.70. The van der Waals surface area contributed by atoms with Gasteiger partial charge in [0.2, 0.25) is 5.28 Å². The van der Waals surface area contributed by atoms with Gasteiger partial charge in [-0.3, -0.25) is 0 Å². The van der Waals surface area contributed by atoms with E-state index in [1.54, 1.807) is 4.57 Å². The van der Waals surface area contributed by atoms with Crippen LogP contribution >= 0.6 is 23.2 Å². The summed E-state index contributed by atoms with van der Waals surface area (Å²) < 4.78 is 6.30. The number of carbonyl (C=O) groups excluding carboxylic acids is 1. The van der Waals surface area contributed by atoms with Gasteiger partial charge in [-0.2, -0.15) is 4.98 Å². The van der Waals surface area contributed by atoms with E-state index in [2.05, 4.69) is 19.7 Å². The molecule has 0 amide bonds. The van der Waals surface area contributed by atoms with Gasteiger partial charge in [-0.25, -0.2) is 14.8 Å². The minimum atomic E-state index is -0.601. The van der Waals surface area contributed by atoms with E-state index in [0.29, 0.717) is 23.6 Å². The van der Waals surface area contributed by atoms with Gasteiger partial charge >= 0.3 is 5.97 Å². The van der Waals surface area contributed by atoms with E-state index >= 15 is 0 Å². The third kappa shape index (κ3) is 2.18. The molecule has 0 fully saturated rings. The van der Waals surface area contributed by atoms with Crippen molar-refractivity contribution in [3.8, 4) is 0 Å². The number of halogens is 2. The highest BCUT2D eigenvalue weighted by Gasteiger charge is 2.18. The molecule has 0 atom stereocenters. The molecule has 2 aromatic rings. The third-order valence-electron chi connectivity index (χ3n) is 2.14. The van der Waals surface area contributed by atoms with Gasteiger partial charge in [0, 0.05) is 12.4 Å². The molecule has 0 spiro atoms. The number of ether oxygens (including phenoxy) is 1. The average Bonchev–Trinajstić information content (AvgIpc) is 2.71. The van der Waals surface area contributed by atoms with Crippen molar-refractivity contribution < 1.29 is 9.53 Å². The van der Waals surface area contributed by atoms with E-state index in [0.717, 1.165) is 0 Å². The lowest BCUT2D eigenvalue weighted by Crippen LogP contribution is -2.07. The Kier molecular flexibility index (Phi) is 3.44. The molecule has 0 N–H and O–H groups in total. The van der Waals surface area contributed by atoms with Gasteiger partial charge in [-0.15, -0.1) is 11.6 Å². The first-order chi connectivity index (χ1) is 8.17. The van der Waals surface area contributed by atoms with Gasteiger partial charge < -0.3 is 9.30 Å². The van der Waals surface area contributed by atoms with Crippen molar-refractivity contribution in [2.75, 3.05) is 13.0 Å². The second kappa shape index (κ2) is 4.85. The summed E-state index contributed by atoms with van der Waals surface area (Å²) in [5, 5.41) is -0.0331. The van der Waals surface area contributed by atoms with Crippen molar-refractivity contribution in [2.45, 2.75) is 6.54 Å². The molecule has 0 aliphatic heterocycles. The number of imidazole rings is 1. The summed E-state index contributed by atoms with van der Waals surface area (Å²) in [5.74, 6) is -0.198. The van der Waals surface area contributed by atoms with Crippen molar-refractivity contribution in [1.29, 1.82) is 0 Å². The number of esters is 1. The maximum absolute atomic E-state index is 11.5.